The minimum absolute atomic E-state index is 0.0212. The molecule has 4 nitrogen and oxygen atoms in total. The zero-order valence-electron chi connectivity index (χ0n) is 10.5. The van der Waals surface area contributed by atoms with Gasteiger partial charge < -0.3 is 10.1 Å². The van der Waals surface area contributed by atoms with Crippen LogP contribution in [0, 0.1) is 0 Å². The highest BCUT2D eigenvalue weighted by molar-refractivity contribution is 7.91. The molecule has 1 fully saturated rings. The molecule has 8 heteroatoms. The largest absolute Gasteiger partial charge is 0.573 e. The fourth-order valence-electron chi connectivity index (χ4n) is 2.02. The van der Waals surface area contributed by atoms with Gasteiger partial charge in [0.25, 0.3) is 0 Å². The highest BCUT2D eigenvalue weighted by Gasteiger charge is 2.31. The number of hydrogen-bond donors (Lipinski definition) is 1. The topological polar surface area (TPSA) is 55.4 Å². The molecule has 1 heterocycles. The van der Waals surface area contributed by atoms with Crippen LogP contribution < -0.4 is 10.1 Å². The maximum absolute atomic E-state index is 12.0. The Balaban J connectivity index is 1.91. The van der Waals surface area contributed by atoms with Gasteiger partial charge in [-0.3, -0.25) is 0 Å². The van der Waals surface area contributed by atoms with Gasteiger partial charge in [0, 0.05) is 11.7 Å². The first-order valence-corrected chi connectivity index (χ1v) is 7.88. The molecule has 0 saturated carbocycles. The predicted molar refractivity (Wildman–Crippen MR) is 68.4 cm³/mol. The maximum atomic E-state index is 12.0. The summed E-state index contributed by atoms with van der Waals surface area (Å²) in [5, 5.41) is 3.11. The molecule has 20 heavy (non-hydrogen) atoms. The van der Waals surface area contributed by atoms with Gasteiger partial charge in [-0.2, -0.15) is 0 Å². The zero-order chi connectivity index (χ0) is 14.8. The fraction of sp³-hybridized carbons (Fsp3) is 0.500. The van der Waals surface area contributed by atoms with E-state index in [0.717, 1.165) is 0 Å². The molecule has 0 aliphatic carbocycles. The summed E-state index contributed by atoms with van der Waals surface area (Å²) in [7, 11) is -2.92. The monoisotopic (exact) mass is 309 g/mol. The van der Waals surface area contributed by atoms with Crippen LogP contribution in [0.25, 0.3) is 0 Å². The molecule has 0 spiro atoms. The number of ether oxygens (including phenoxy) is 1. The Morgan fingerprint density at radius 3 is 2.15 bits per heavy atom. The van der Waals surface area contributed by atoms with E-state index < -0.39 is 16.2 Å². The number of hydrogen-bond acceptors (Lipinski definition) is 4. The van der Waals surface area contributed by atoms with Crippen molar-refractivity contribution in [2.24, 2.45) is 0 Å². The van der Waals surface area contributed by atoms with Gasteiger partial charge in [-0.05, 0) is 37.1 Å². The van der Waals surface area contributed by atoms with Crippen molar-refractivity contribution in [3.63, 3.8) is 0 Å². The van der Waals surface area contributed by atoms with Crippen LogP contribution in [0.5, 0.6) is 5.75 Å². The minimum Gasteiger partial charge on any atom is -0.406 e. The van der Waals surface area contributed by atoms with Gasteiger partial charge in [-0.1, -0.05) is 0 Å². The van der Waals surface area contributed by atoms with Crippen molar-refractivity contribution in [1.82, 2.24) is 0 Å². The maximum Gasteiger partial charge on any atom is 0.573 e. The number of halogens is 3. The summed E-state index contributed by atoms with van der Waals surface area (Å²) in [5.41, 5.74) is 0.642. The average molecular weight is 309 g/mol. The van der Waals surface area contributed by atoms with E-state index in [0.29, 0.717) is 18.5 Å². The van der Waals surface area contributed by atoms with Crippen LogP contribution in [-0.4, -0.2) is 32.3 Å². The first kappa shape index (κ1) is 15.0. The normalized spacial score (nSPS) is 19.6. The highest BCUT2D eigenvalue weighted by Crippen LogP contribution is 2.25. The van der Waals surface area contributed by atoms with Gasteiger partial charge in [-0.15, -0.1) is 13.2 Å². The number of benzene rings is 1. The van der Waals surface area contributed by atoms with Crippen molar-refractivity contribution in [2.45, 2.75) is 25.2 Å². The molecule has 0 amide bonds. The molecule has 0 radical (unpaired) electrons. The molecule has 112 valence electrons. The third kappa shape index (κ3) is 4.59. The number of sulfone groups is 1. The van der Waals surface area contributed by atoms with Crippen molar-refractivity contribution in [3.8, 4) is 5.75 Å². The molecule has 1 N–H and O–H groups in total. The van der Waals surface area contributed by atoms with Gasteiger partial charge in [0.2, 0.25) is 0 Å². The van der Waals surface area contributed by atoms with Crippen molar-refractivity contribution < 1.29 is 26.3 Å². The Labute approximate surface area is 114 Å². The average Bonchev–Trinajstić information content (AvgIpc) is 2.32. The number of rotatable bonds is 3. The van der Waals surface area contributed by atoms with E-state index in [9.17, 15) is 21.6 Å². The molecule has 0 bridgehead atoms. The van der Waals surface area contributed by atoms with Crippen LogP contribution in [0.3, 0.4) is 0 Å². The van der Waals surface area contributed by atoms with Crippen molar-refractivity contribution in [1.29, 1.82) is 0 Å². The van der Waals surface area contributed by atoms with E-state index in [1.54, 1.807) is 0 Å². The van der Waals surface area contributed by atoms with Crippen molar-refractivity contribution in [2.75, 3.05) is 16.8 Å². The summed E-state index contributed by atoms with van der Waals surface area (Å²) in [5.74, 6) is -0.00543. The van der Waals surface area contributed by atoms with E-state index in [1.807, 2.05) is 0 Å². The summed E-state index contributed by atoms with van der Waals surface area (Å²) in [6.45, 7) is 0. The van der Waals surface area contributed by atoms with Gasteiger partial charge in [0.15, 0.2) is 0 Å². The number of nitrogens with one attached hydrogen (secondary N) is 1. The summed E-state index contributed by atoms with van der Waals surface area (Å²) in [4.78, 5) is 0. The molecule has 2 rings (SSSR count). The Morgan fingerprint density at radius 2 is 1.65 bits per heavy atom. The number of alkyl halides is 3. The Kier molecular flexibility index (Phi) is 4.12. The lowest BCUT2D eigenvalue weighted by Crippen LogP contribution is -2.32. The van der Waals surface area contributed by atoms with Crippen LogP contribution in [0.1, 0.15) is 12.8 Å². The standard InChI is InChI=1S/C12H14F3NO3S/c13-12(14,15)19-11-3-1-9(2-4-11)16-10-5-7-20(17,18)8-6-10/h1-4,10,16H,5-8H2. The Morgan fingerprint density at radius 1 is 1.10 bits per heavy atom. The second-order valence-corrected chi connectivity index (χ2v) is 6.95. The first-order chi connectivity index (χ1) is 9.23. The van der Waals surface area contributed by atoms with Crippen molar-refractivity contribution in [3.05, 3.63) is 24.3 Å². The Bertz CT molecular complexity index is 540. The van der Waals surface area contributed by atoms with E-state index >= 15 is 0 Å². The van der Waals surface area contributed by atoms with Gasteiger partial charge in [-0.25, -0.2) is 8.42 Å². The second-order valence-electron chi connectivity index (χ2n) is 4.64. The molecule has 1 aliphatic heterocycles. The summed E-state index contributed by atoms with van der Waals surface area (Å²) < 4.78 is 62.3. The lowest BCUT2D eigenvalue weighted by Gasteiger charge is -2.24. The third-order valence-electron chi connectivity index (χ3n) is 3.01. The van der Waals surface area contributed by atoms with E-state index in [-0.39, 0.29) is 23.3 Å². The van der Waals surface area contributed by atoms with Crippen LogP contribution in [-0.2, 0) is 9.84 Å². The Hall–Kier alpha value is -1.44. The lowest BCUT2D eigenvalue weighted by molar-refractivity contribution is -0.274. The molecular weight excluding hydrogens is 295 g/mol. The molecule has 1 aromatic carbocycles. The quantitative estimate of drug-likeness (QED) is 0.932. The van der Waals surface area contributed by atoms with E-state index in [2.05, 4.69) is 10.1 Å². The van der Waals surface area contributed by atoms with Crippen LogP contribution >= 0.6 is 0 Å². The van der Waals surface area contributed by atoms with E-state index in [1.165, 1.54) is 24.3 Å². The molecule has 1 aromatic rings. The van der Waals surface area contributed by atoms with Crippen LogP contribution in [0.4, 0.5) is 18.9 Å². The first-order valence-electron chi connectivity index (χ1n) is 6.06. The summed E-state index contributed by atoms with van der Waals surface area (Å²) in [6, 6.07) is 5.41. The third-order valence-corrected chi connectivity index (χ3v) is 4.73. The molecule has 1 aliphatic rings. The van der Waals surface area contributed by atoms with E-state index in [4.69, 9.17) is 0 Å². The van der Waals surface area contributed by atoms with Crippen molar-refractivity contribution >= 4 is 15.5 Å². The molecule has 0 atom stereocenters. The SMILES string of the molecule is O=S1(=O)CCC(Nc2ccc(OC(F)(F)F)cc2)CC1. The number of anilines is 1. The zero-order valence-corrected chi connectivity index (χ0v) is 11.3. The molecular formula is C12H14F3NO3S. The molecule has 1 saturated heterocycles. The summed E-state index contributed by atoms with van der Waals surface area (Å²) >= 11 is 0. The molecule has 0 aromatic heterocycles. The van der Waals surface area contributed by atoms with Gasteiger partial charge >= 0.3 is 6.36 Å². The second kappa shape index (κ2) is 5.51. The molecule has 0 unspecified atom stereocenters. The van der Waals surface area contributed by atoms with Crippen LogP contribution in [0.2, 0.25) is 0 Å². The minimum atomic E-state index is -4.70. The van der Waals surface area contributed by atoms with Gasteiger partial charge in [0.05, 0.1) is 11.5 Å². The fourth-order valence-corrected chi connectivity index (χ4v) is 3.51. The predicted octanol–water partition coefficient (Wildman–Crippen LogP) is 2.57. The lowest BCUT2D eigenvalue weighted by atomic mass is 10.1. The summed E-state index contributed by atoms with van der Waals surface area (Å²) in [6.07, 6.45) is -3.70. The smallest absolute Gasteiger partial charge is 0.406 e. The van der Waals surface area contributed by atoms with Crippen LogP contribution in [0.15, 0.2) is 24.3 Å². The van der Waals surface area contributed by atoms with Gasteiger partial charge in [0.1, 0.15) is 15.6 Å². The highest BCUT2D eigenvalue weighted by atomic mass is 32.2.